The normalized spacial score (nSPS) is 31.9. The number of benzene rings is 2. The van der Waals surface area contributed by atoms with Crippen molar-refractivity contribution in [3.63, 3.8) is 0 Å². The van der Waals surface area contributed by atoms with Crippen LogP contribution < -0.4 is 10.6 Å². The lowest BCUT2D eigenvalue weighted by atomic mass is 9.54. The number of rotatable bonds is 5. The molecule has 2 atom stereocenters. The molecule has 5 saturated carbocycles. The maximum atomic E-state index is 13.1. The minimum Gasteiger partial charge on any atom is -0.349 e. The van der Waals surface area contributed by atoms with Crippen molar-refractivity contribution in [3.8, 4) is 11.4 Å². The van der Waals surface area contributed by atoms with Gasteiger partial charge in [-0.25, -0.2) is 4.98 Å². The Balaban J connectivity index is 1.03. The van der Waals surface area contributed by atoms with Crippen molar-refractivity contribution in [2.75, 3.05) is 0 Å². The summed E-state index contributed by atoms with van der Waals surface area (Å²) in [6.07, 6.45) is 11.3. The quantitative estimate of drug-likeness (QED) is 0.388. The molecule has 198 valence electrons. The topological polar surface area (TPSA) is 86.9 Å². The van der Waals surface area contributed by atoms with Crippen LogP contribution in [-0.2, 0) is 0 Å². The summed E-state index contributed by atoms with van der Waals surface area (Å²) in [4.78, 5) is 34.2. The van der Waals surface area contributed by atoms with Crippen LogP contribution in [0, 0.1) is 29.6 Å². The van der Waals surface area contributed by atoms with Crippen LogP contribution in [0.15, 0.2) is 42.5 Å². The van der Waals surface area contributed by atoms with Crippen LogP contribution in [0.1, 0.15) is 85.4 Å². The Hall–Kier alpha value is -3.15. The maximum absolute atomic E-state index is 13.1. The molecule has 38 heavy (non-hydrogen) atoms. The van der Waals surface area contributed by atoms with Gasteiger partial charge >= 0.3 is 0 Å². The molecular formula is C32H38N4O2. The highest BCUT2D eigenvalue weighted by atomic mass is 16.2. The molecule has 3 aromatic rings. The van der Waals surface area contributed by atoms with Crippen LogP contribution >= 0.6 is 0 Å². The minimum atomic E-state index is -0.0173. The lowest BCUT2D eigenvalue weighted by Crippen LogP contribution is -2.55. The molecule has 2 aromatic carbocycles. The summed E-state index contributed by atoms with van der Waals surface area (Å²) >= 11 is 0. The molecule has 0 spiro atoms. The summed E-state index contributed by atoms with van der Waals surface area (Å²) in [6, 6.07) is 14.0. The Bertz CT molecular complexity index is 1330. The Kier molecular flexibility index (Phi) is 6.01. The van der Waals surface area contributed by atoms with Crippen LogP contribution in [0.3, 0.4) is 0 Å². The smallest absolute Gasteiger partial charge is 0.251 e. The van der Waals surface area contributed by atoms with Gasteiger partial charge in [0.15, 0.2) is 0 Å². The Labute approximate surface area is 224 Å². The highest BCUT2D eigenvalue weighted by Crippen LogP contribution is 2.53. The first kappa shape index (κ1) is 23.9. The number of carbonyl (C=O) groups excluding carboxylic acids is 2. The van der Waals surface area contributed by atoms with Crippen LogP contribution in [0.4, 0.5) is 0 Å². The third kappa shape index (κ3) is 4.42. The number of H-pyrrole nitrogens is 1. The van der Waals surface area contributed by atoms with E-state index in [0.29, 0.717) is 34.9 Å². The summed E-state index contributed by atoms with van der Waals surface area (Å²) in [6.45, 7) is 2.23. The van der Waals surface area contributed by atoms with E-state index in [0.717, 1.165) is 40.7 Å². The van der Waals surface area contributed by atoms with Crippen molar-refractivity contribution >= 4 is 22.8 Å². The third-order valence-electron chi connectivity index (χ3n) is 10.1. The first-order chi connectivity index (χ1) is 18.5. The molecule has 5 fully saturated rings. The molecule has 0 radical (unpaired) electrons. The molecule has 5 aliphatic rings. The fourth-order valence-corrected chi connectivity index (χ4v) is 8.25. The van der Waals surface area contributed by atoms with E-state index in [4.69, 9.17) is 4.98 Å². The van der Waals surface area contributed by atoms with Crippen molar-refractivity contribution in [1.82, 2.24) is 20.6 Å². The van der Waals surface area contributed by atoms with Crippen molar-refractivity contribution in [2.45, 2.75) is 76.8 Å². The van der Waals surface area contributed by atoms with E-state index >= 15 is 0 Å². The second-order valence-electron chi connectivity index (χ2n) is 12.7. The number of hydrogen-bond acceptors (Lipinski definition) is 3. The van der Waals surface area contributed by atoms with E-state index in [-0.39, 0.29) is 17.9 Å². The first-order valence-electron chi connectivity index (χ1n) is 14.7. The van der Waals surface area contributed by atoms with E-state index in [1.807, 2.05) is 42.5 Å². The van der Waals surface area contributed by atoms with Crippen LogP contribution in [0.25, 0.3) is 22.4 Å². The molecule has 1 heterocycles. The number of nitrogens with one attached hydrogen (secondary N) is 3. The zero-order valence-electron chi connectivity index (χ0n) is 22.2. The Morgan fingerprint density at radius 3 is 2.18 bits per heavy atom. The van der Waals surface area contributed by atoms with Crippen LogP contribution in [0.2, 0.25) is 0 Å². The molecule has 3 N–H and O–H groups in total. The van der Waals surface area contributed by atoms with E-state index in [1.165, 1.54) is 51.4 Å². The van der Waals surface area contributed by atoms with Gasteiger partial charge in [0.25, 0.3) is 11.8 Å². The minimum absolute atomic E-state index is 0.0173. The molecular weight excluding hydrogens is 472 g/mol. The van der Waals surface area contributed by atoms with E-state index in [9.17, 15) is 9.59 Å². The zero-order valence-corrected chi connectivity index (χ0v) is 22.2. The highest BCUT2D eigenvalue weighted by molar-refractivity contribution is 5.98. The van der Waals surface area contributed by atoms with Crippen LogP contribution in [-0.4, -0.2) is 33.9 Å². The zero-order chi connectivity index (χ0) is 25.8. The number of aromatic amines is 1. The molecule has 2 amide bonds. The molecule has 1 aromatic heterocycles. The monoisotopic (exact) mass is 510 g/mol. The summed E-state index contributed by atoms with van der Waals surface area (Å²) in [7, 11) is 0. The average molecular weight is 511 g/mol. The molecule has 2 unspecified atom stereocenters. The number of hydrogen-bond donors (Lipinski definition) is 3. The highest BCUT2D eigenvalue weighted by Gasteiger charge is 2.48. The average Bonchev–Trinajstić information content (AvgIpc) is 3.35. The summed E-state index contributed by atoms with van der Waals surface area (Å²) in [5, 5.41) is 6.65. The van der Waals surface area contributed by atoms with Gasteiger partial charge in [-0.1, -0.05) is 31.9 Å². The number of carbonyl (C=O) groups is 2. The van der Waals surface area contributed by atoms with E-state index < -0.39 is 0 Å². The van der Waals surface area contributed by atoms with Gasteiger partial charge in [-0.3, -0.25) is 9.59 Å². The number of imidazole rings is 1. The molecule has 0 aliphatic heterocycles. The summed E-state index contributed by atoms with van der Waals surface area (Å²) in [5.41, 5.74) is 3.95. The summed E-state index contributed by atoms with van der Waals surface area (Å²) < 4.78 is 0. The largest absolute Gasteiger partial charge is 0.349 e. The van der Waals surface area contributed by atoms with E-state index in [2.05, 4.69) is 22.5 Å². The Morgan fingerprint density at radius 2 is 1.47 bits per heavy atom. The predicted molar refractivity (Wildman–Crippen MR) is 149 cm³/mol. The molecule has 8 rings (SSSR count). The number of fused-ring (bicyclic) bond motifs is 1. The number of aromatic nitrogens is 2. The SMILES string of the molecule is CC1CCCCC1NC(=O)c1ccc2nc(-c3ccc(C(=O)NC4C5CC6CC(C5)CC4C6)cc3)[nH]c2c1. The van der Waals surface area contributed by atoms with Gasteiger partial charge in [-0.05, 0) is 105 Å². The van der Waals surface area contributed by atoms with Gasteiger partial charge in [0, 0.05) is 28.8 Å². The molecule has 5 aliphatic carbocycles. The third-order valence-corrected chi connectivity index (χ3v) is 10.1. The van der Waals surface area contributed by atoms with Gasteiger partial charge in [0.1, 0.15) is 5.82 Å². The first-order valence-corrected chi connectivity index (χ1v) is 14.7. The van der Waals surface area contributed by atoms with Crippen LogP contribution in [0.5, 0.6) is 0 Å². The molecule has 6 heteroatoms. The van der Waals surface area contributed by atoms with Crippen molar-refractivity contribution in [1.29, 1.82) is 0 Å². The fourth-order valence-electron chi connectivity index (χ4n) is 8.25. The predicted octanol–water partition coefficient (Wildman–Crippen LogP) is 6.09. The van der Waals surface area contributed by atoms with Gasteiger partial charge < -0.3 is 15.6 Å². The standard InChI is InChI=1S/C32H38N4O2/c1-18-4-2-3-5-26(18)35-32(38)23-10-11-27-28(17-23)34-30(33-27)21-6-8-22(9-7-21)31(37)36-29-24-13-19-12-20(15-24)16-25(29)14-19/h6-11,17-20,24-26,29H,2-5,12-16H2,1H3,(H,33,34)(H,35,38)(H,36,37). The summed E-state index contributed by atoms with van der Waals surface area (Å²) in [5.74, 6) is 4.43. The molecule has 4 bridgehead atoms. The molecule has 6 nitrogen and oxygen atoms in total. The van der Waals surface area contributed by atoms with Crippen molar-refractivity contribution in [3.05, 3.63) is 53.6 Å². The lowest BCUT2D eigenvalue weighted by Gasteiger charge is -2.54. The fraction of sp³-hybridized carbons (Fsp3) is 0.531. The van der Waals surface area contributed by atoms with Crippen molar-refractivity contribution < 1.29 is 9.59 Å². The van der Waals surface area contributed by atoms with E-state index in [1.54, 1.807) is 0 Å². The number of amides is 2. The van der Waals surface area contributed by atoms with Gasteiger partial charge in [-0.15, -0.1) is 0 Å². The van der Waals surface area contributed by atoms with Gasteiger partial charge in [-0.2, -0.15) is 0 Å². The second kappa shape index (κ2) is 9.55. The number of nitrogens with zero attached hydrogens (tertiary/aromatic N) is 1. The van der Waals surface area contributed by atoms with Gasteiger partial charge in [0.05, 0.1) is 11.0 Å². The van der Waals surface area contributed by atoms with Crippen molar-refractivity contribution in [2.24, 2.45) is 29.6 Å². The Morgan fingerprint density at radius 1 is 0.816 bits per heavy atom. The second-order valence-corrected chi connectivity index (χ2v) is 12.7. The molecule has 0 saturated heterocycles. The maximum Gasteiger partial charge on any atom is 0.251 e. The van der Waals surface area contributed by atoms with Gasteiger partial charge in [0.2, 0.25) is 0 Å². The lowest BCUT2D eigenvalue weighted by molar-refractivity contribution is -0.0119.